The number of carboxylic acids is 1. The van der Waals surface area contributed by atoms with E-state index in [0.29, 0.717) is 0 Å². The number of hydrogen-bond donors (Lipinski definition) is 4. The van der Waals surface area contributed by atoms with E-state index in [-0.39, 0.29) is 85.2 Å². The summed E-state index contributed by atoms with van der Waals surface area (Å²) in [6.45, 7) is 4.33. The Morgan fingerprint density at radius 2 is 1.62 bits per heavy atom. The van der Waals surface area contributed by atoms with Crippen molar-refractivity contribution in [3.63, 3.8) is 0 Å². The molecule has 0 bridgehead atoms. The number of hydrogen-bond acceptors (Lipinski definition) is 12. The van der Waals surface area contributed by atoms with Crippen LogP contribution in [0.1, 0.15) is 50.7 Å². The number of ketones is 3. The van der Waals surface area contributed by atoms with Gasteiger partial charge in [0.15, 0.2) is 28.7 Å². The number of aromatic carboxylic acids is 1. The summed E-state index contributed by atoms with van der Waals surface area (Å²) in [5.74, 6) is -3.43. The number of pyridine rings is 2. The first kappa shape index (κ1) is 29.5. The zero-order valence-electron chi connectivity index (χ0n) is 23.6. The fourth-order valence-electron chi connectivity index (χ4n) is 4.61. The molecule has 42 heavy (non-hydrogen) atoms. The van der Waals surface area contributed by atoms with Crippen molar-refractivity contribution in [3.05, 3.63) is 58.2 Å². The molecule has 218 valence electrons. The van der Waals surface area contributed by atoms with Crippen LogP contribution in [0.4, 0.5) is 5.69 Å². The monoisotopic (exact) mass is 576 g/mol. The lowest BCUT2D eigenvalue weighted by molar-refractivity contribution is -0.118. The Bertz CT molecular complexity index is 1710. The number of allylic oxidation sites excluding steroid dienone is 2. The lowest BCUT2D eigenvalue weighted by Gasteiger charge is -2.23. The van der Waals surface area contributed by atoms with Crippen molar-refractivity contribution in [2.45, 2.75) is 26.8 Å². The topological polar surface area (TPSA) is 200 Å². The van der Waals surface area contributed by atoms with E-state index in [2.05, 4.69) is 15.3 Å². The number of aromatic hydroxyl groups is 1. The van der Waals surface area contributed by atoms with Gasteiger partial charge in [-0.3, -0.25) is 14.4 Å². The molecule has 3 aromatic rings. The van der Waals surface area contributed by atoms with Crippen LogP contribution in [-0.4, -0.2) is 70.9 Å². The van der Waals surface area contributed by atoms with E-state index >= 15 is 0 Å². The van der Waals surface area contributed by atoms with E-state index in [1.165, 1.54) is 66.4 Å². The van der Waals surface area contributed by atoms with Gasteiger partial charge in [0.2, 0.25) is 17.3 Å². The van der Waals surface area contributed by atoms with Crippen molar-refractivity contribution < 1.29 is 43.6 Å². The van der Waals surface area contributed by atoms with Gasteiger partial charge in [-0.1, -0.05) is 0 Å². The van der Waals surface area contributed by atoms with E-state index in [0.717, 1.165) is 0 Å². The maximum atomic E-state index is 13.5. The summed E-state index contributed by atoms with van der Waals surface area (Å²) < 4.78 is 15.7. The quantitative estimate of drug-likeness (QED) is 0.290. The molecule has 0 fully saturated rings. The van der Waals surface area contributed by atoms with Crippen LogP contribution in [0.5, 0.6) is 17.2 Å². The number of nitrogens with zero attached hydrogens (tertiary/aromatic N) is 2. The fourth-order valence-corrected chi connectivity index (χ4v) is 4.61. The summed E-state index contributed by atoms with van der Waals surface area (Å²) in [4.78, 5) is 59.4. The lowest BCUT2D eigenvalue weighted by atomic mass is 9.92. The number of fused-ring (bicyclic) bond motifs is 1. The molecule has 13 heteroatoms. The minimum atomic E-state index is -1.38. The summed E-state index contributed by atoms with van der Waals surface area (Å²) in [5.41, 5.74) is 5.81. The molecule has 1 aromatic carbocycles. The van der Waals surface area contributed by atoms with Gasteiger partial charge >= 0.3 is 5.97 Å². The van der Waals surface area contributed by atoms with Gasteiger partial charge in [0.25, 0.3) is 0 Å². The molecule has 2 heterocycles. The maximum Gasteiger partial charge on any atom is 0.354 e. The number of aromatic nitrogens is 2. The Hall–Kier alpha value is -5.46. The molecule has 0 amide bonds. The Morgan fingerprint density at radius 3 is 2.19 bits per heavy atom. The van der Waals surface area contributed by atoms with E-state index in [4.69, 9.17) is 19.9 Å². The first-order valence-electron chi connectivity index (χ1n) is 12.5. The van der Waals surface area contributed by atoms with Crippen molar-refractivity contribution in [1.29, 1.82) is 0 Å². The second kappa shape index (κ2) is 11.2. The highest BCUT2D eigenvalue weighted by molar-refractivity contribution is 6.25. The van der Waals surface area contributed by atoms with Crippen LogP contribution in [0, 0.1) is 6.92 Å². The third-order valence-corrected chi connectivity index (χ3v) is 6.90. The third kappa shape index (κ3) is 4.74. The Kier molecular flexibility index (Phi) is 7.87. The molecular formula is C29H28N4O9. The zero-order valence-corrected chi connectivity index (χ0v) is 23.6. The standard InChI is InChI=1S/C29H28N4O9/c1-11-18(14-8-10-17(40-4)27(41-5)24(14)35)19(30)22(33-20(11)29(38)39)16-9-7-15-21(32-16)26(37)23(28(42-6)25(15)36)31-12(2)13(3)34/h7-10,12,31,35H,30H2,1-6H3,(H,38,39)/t12-/m1/s1. The molecule has 0 saturated heterocycles. The average molecular weight is 577 g/mol. The van der Waals surface area contributed by atoms with Gasteiger partial charge in [-0.25, -0.2) is 14.8 Å². The summed E-state index contributed by atoms with van der Waals surface area (Å²) in [6.07, 6.45) is 0. The van der Waals surface area contributed by atoms with Crippen LogP contribution in [0.15, 0.2) is 35.7 Å². The largest absolute Gasteiger partial charge is 0.504 e. The van der Waals surface area contributed by atoms with Gasteiger partial charge < -0.3 is 35.5 Å². The number of rotatable bonds is 9. The summed E-state index contributed by atoms with van der Waals surface area (Å²) >= 11 is 0. The molecular weight excluding hydrogens is 548 g/mol. The fraction of sp³-hybridized carbons (Fsp3) is 0.241. The van der Waals surface area contributed by atoms with Crippen molar-refractivity contribution in [2.75, 3.05) is 27.1 Å². The SMILES string of the molecule is COC1=C(N[C@H](C)C(C)=O)C(=O)c2nc(-c3nc(C(=O)O)c(C)c(-c4ccc(OC)c(OC)c4O)c3N)ccc2C1=O. The number of nitrogen functional groups attached to an aromatic ring is 1. The van der Waals surface area contributed by atoms with E-state index in [1.807, 2.05) is 0 Å². The minimum absolute atomic E-state index is 0.000560. The maximum absolute atomic E-state index is 13.5. The Labute approximate surface area is 239 Å². The molecule has 5 N–H and O–H groups in total. The first-order chi connectivity index (χ1) is 19.9. The van der Waals surface area contributed by atoms with Crippen LogP contribution < -0.4 is 20.5 Å². The number of ether oxygens (including phenoxy) is 3. The van der Waals surface area contributed by atoms with Crippen LogP contribution in [0.25, 0.3) is 22.5 Å². The molecule has 2 aromatic heterocycles. The van der Waals surface area contributed by atoms with Crippen molar-refractivity contribution in [2.24, 2.45) is 0 Å². The van der Waals surface area contributed by atoms with Crippen LogP contribution >= 0.6 is 0 Å². The predicted molar refractivity (Wildman–Crippen MR) is 150 cm³/mol. The number of phenols is 1. The van der Waals surface area contributed by atoms with Crippen LogP contribution in [0.3, 0.4) is 0 Å². The van der Waals surface area contributed by atoms with E-state index in [9.17, 15) is 29.4 Å². The Morgan fingerprint density at radius 1 is 0.952 bits per heavy atom. The number of phenolic OH excluding ortho intramolecular Hbond substituents is 1. The molecule has 1 aliphatic carbocycles. The van der Waals surface area contributed by atoms with Crippen LogP contribution in [0.2, 0.25) is 0 Å². The highest BCUT2D eigenvalue weighted by Gasteiger charge is 2.36. The molecule has 13 nitrogen and oxygen atoms in total. The molecule has 0 aliphatic heterocycles. The average Bonchev–Trinajstić information content (AvgIpc) is 2.96. The van der Waals surface area contributed by atoms with Gasteiger partial charge in [-0.05, 0) is 50.6 Å². The highest BCUT2D eigenvalue weighted by Crippen LogP contribution is 2.47. The summed E-state index contributed by atoms with van der Waals surface area (Å²) in [6, 6.07) is 4.89. The van der Waals surface area contributed by atoms with Crippen molar-refractivity contribution in [1.82, 2.24) is 15.3 Å². The number of methoxy groups -OCH3 is 3. The molecule has 0 radical (unpaired) electrons. The number of Topliss-reactive ketones (excluding diaryl/α,β-unsaturated/α-hetero) is 3. The molecule has 0 spiro atoms. The van der Waals surface area contributed by atoms with Crippen molar-refractivity contribution in [3.8, 4) is 39.8 Å². The van der Waals surface area contributed by atoms with Crippen molar-refractivity contribution >= 4 is 29.0 Å². The minimum Gasteiger partial charge on any atom is -0.504 e. The summed E-state index contributed by atoms with van der Waals surface area (Å²) in [5, 5.41) is 23.7. The highest BCUT2D eigenvalue weighted by atomic mass is 16.5. The third-order valence-electron chi connectivity index (χ3n) is 6.90. The lowest BCUT2D eigenvalue weighted by Crippen LogP contribution is -2.39. The predicted octanol–water partition coefficient (Wildman–Crippen LogP) is 2.93. The normalized spacial score (nSPS) is 13.4. The number of carbonyl (C=O) groups excluding carboxylic acids is 3. The van der Waals surface area contributed by atoms with Gasteiger partial charge in [-0.2, -0.15) is 0 Å². The molecule has 1 atom stereocenters. The van der Waals surface area contributed by atoms with Gasteiger partial charge in [0.05, 0.1) is 44.3 Å². The van der Waals surface area contributed by atoms with Crippen LogP contribution in [-0.2, 0) is 9.53 Å². The van der Waals surface area contributed by atoms with Gasteiger partial charge in [-0.15, -0.1) is 0 Å². The zero-order chi connectivity index (χ0) is 31.0. The van der Waals surface area contributed by atoms with Gasteiger partial charge in [0, 0.05) is 11.1 Å². The number of benzene rings is 1. The number of carbonyl (C=O) groups is 4. The second-order valence-electron chi connectivity index (χ2n) is 9.36. The molecule has 0 saturated carbocycles. The van der Waals surface area contributed by atoms with Gasteiger partial charge in [0.1, 0.15) is 17.1 Å². The Balaban J connectivity index is 1.96. The molecule has 4 rings (SSSR count). The molecule has 0 unspecified atom stereocenters. The first-order valence-corrected chi connectivity index (χ1v) is 12.5. The van der Waals surface area contributed by atoms with E-state index in [1.54, 1.807) is 0 Å². The number of nitrogens with two attached hydrogens (primary N) is 1. The van der Waals surface area contributed by atoms with E-state index < -0.39 is 23.6 Å². The number of carboxylic acid groups (broad SMARTS) is 1. The molecule has 1 aliphatic rings. The second-order valence-corrected chi connectivity index (χ2v) is 9.36. The smallest absolute Gasteiger partial charge is 0.354 e. The summed E-state index contributed by atoms with van der Waals surface area (Å²) in [7, 11) is 3.95. The number of anilines is 1. The number of nitrogens with one attached hydrogen (secondary N) is 1.